The number of rotatable bonds is 1. The predicted molar refractivity (Wildman–Crippen MR) is 72.3 cm³/mol. The van der Waals surface area contributed by atoms with Gasteiger partial charge in [-0.25, -0.2) is 0 Å². The van der Waals surface area contributed by atoms with Crippen molar-refractivity contribution < 1.29 is 0 Å². The number of aryl methyl sites for hydroxylation is 1. The third-order valence-corrected chi connectivity index (χ3v) is 3.44. The molecule has 1 N–H and O–H groups in total. The third-order valence-electron chi connectivity index (χ3n) is 2.42. The number of aromatic amines is 1. The Bertz CT molecular complexity index is 634. The van der Waals surface area contributed by atoms with E-state index in [1.165, 1.54) is 6.07 Å². The molecule has 0 radical (unpaired) electrons. The minimum absolute atomic E-state index is 0.124. The first kappa shape index (κ1) is 12.5. The Balaban J connectivity index is 2.82. The fourth-order valence-electron chi connectivity index (χ4n) is 1.66. The molecule has 2 aromatic rings. The largest absolute Gasteiger partial charge is 0.364 e. The Morgan fingerprint density at radius 3 is 2.53 bits per heavy atom. The molecule has 0 amide bonds. The van der Waals surface area contributed by atoms with E-state index in [4.69, 9.17) is 34.8 Å². The highest BCUT2D eigenvalue weighted by molar-refractivity contribution is 6.45. The maximum absolute atomic E-state index is 11.9. The summed E-state index contributed by atoms with van der Waals surface area (Å²) < 4.78 is 0. The van der Waals surface area contributed by atoms with Crippen molar-refractivity contribution in [1.29, 1.82) is 0 Å². The lowest BCUT2D eigenvalue weighted by Gasteiger charge is -2.09. The molecule has 0 spiro atoms. The molecular weight excluding hydrogens is 280 g/mol. The van der Waals surface area contributed by atoms with Crippen molar-refractivity contribution in [2.24, 2.45) is 0 Å². The van der Waals surface area contributed by atoms with Gasteiger partial charge in [0.05, 0.1) is 10.0 Å². The third kappa shape index (κ3) is 2.34. The van der Waals surface area contributed by atoms with Crippen LogP contribution in [0, 0.1) is 6.92 Å². The second-order valence-electron chi connectivity index (χ2n) is 3.59. The van der Waals surface area contributed by atoms with E-state index in [9.17, 15) is 4.79 Å². The molecule has 0 bridgehead atoms. The van der Waals surface area contributed by atoms with Crippen LogP contribution in [0.4, 0.5) is 0 Å². The Hall–Kier alpha value is -0.960. The topological polar surface area (TPSA) is 32.9 Å². The average Bonchev–Trinajstić information content (AvgIpc) is 2.24. The highest BCUT2D eigenvalue weighted by Gasteiger charge is 2.13. The van der Waals surface area contributed by atoms with Gasteiger partial charge in [0.15, 0.2) is 5.43 Å². The van der Waals surface area contributed by atoms with Gasteiger partial charge in [-0.1, -0.05) is 34.8 Å². The fraction of sp³-hybridized carbons (Fsp3) is 0.0833. The number of hydrogen-bond acceptors (Lipinski definition) is 1. The lowest BCUT2D eigenvalue weighted by atomic mass is 10.0. The van der Waals surface area contributed by atoms with Crippen LogP contribution in [0.1, 0.15) is 5.69 Å². The molecule has 88 valence electrons. The highest BCUT2D eigenvalue weighted by Crippen LogP contribution is 2.35. The van der Waals surface area contributed by atoms with Crippen LogP contribution in [0.5, 0.6) is 0 Å². The van der Waals surface area contributed by atoms with E-state index in [0.29, 0.717) is 26.2 Å². The van der Waals surface area contributed by atoms with E-state index >= 15 is 0 Å². The number of benzene rings is 1. The summed E-state index contributed by atoms with van der Waals surface area (Å²) >= 11 is 18.0. The molecule has 1 aromatic heterocycles. The first-order valence-corrected chi connectivity index (χ1v) is 5.97. The standard InChI is InChI=1S/C12H8Cl3NO/c1-6-11(10(17)2-3-16-6)8-4-7(13)5-9(14)12(8)15/h2-5H,1H3,(H,16,17). The molecule has 0 saturated carbocycles. The molecule has 17 heavy (non-hydrogen) atoms. The number of hydrogen-bond donors (Lipinski definition) is 1. The molecule has 1 heterocycles. The van der Waals surface area contributed by atoms with E-state index < -0.39 is 0 Å². The summed E-state index contributed by atoms with van der Waals surface area (Å²) in [5, 5.41) is 1.10. The Morgan fingerprint density at radius 2 is 1.88 bits per heavy atom. The smallest absolute Gasteiger partial charge is 0.189 e. The number of aromatic nitrogens is 1. The minimum atomic E-state index is -0.124. The van der Waals surface area contributed by atoms with Crippen LogP contribution in [0.15, 0.2) is 29.2 Å². The van der Waals surface area contributed by atoms with Crippen LogP contribution >= 0.6 is 34.8 Å². The summed E-state index contributed by atoms with van der Waals surface area (Å²) in [5.41, 5.74) is 1.63. The van der Waals surface area contributed by atoms with Crippen LogP contribution in [0.2, 0.25) is 15.1 Å². The molecule has 2 nitrogen and oxygen atoms in total. The minimum Gasteiger partial charge on any atom is -0.364 e. The molecular formula is C12H8Cl3NO. The van der Waals surface area contributed by atoms with E-state index in [2.05, 4.69) is 4.98 Å². The van der Waals surface area contributed by atoms with Crippen molar-refractivity contribution in [3.8, 4) is 11.1 Å². The zero-order valence-electron chi connectivity index (χ0n) is 8.85. The van der Waals surface area contributed by atoms with Crippen LogP contribution in [0.3, 0.4) is 0 Å². The van der Waals surface area contributed by atoms with Crippen molar-refractivity contribution in [1.82, 2.24) is 4.98 Å². The van der Waals surface area contributed by atoms with Crippen LogP contribution in [0.25, 0.3) is 11.1 Å². The van der Waals surface area contributed by atoms with E-state index in [-0.39, 0.29) is 5.43 Å². The summed E-state index contributed by atoms with van der Waals surface area (Å²) in [4.78, 5) is 14.8. The van der Waals surface area contributed by atoms with Gasteiger partial charge in [-0.3, -0.25) is 4.79 Å². The number of nitrogens with one attached hydrogen (secondary N) is 1. The van der Waals surface area contributed by atoms with Gasteiger partial charge in [0.25, 0.3) is 0 Å². The average molecular weight is 289 g/mol. The van der Waals surface area contributed by atoms with Crippen LogP contribution < -0.4 is 5.43 Å². The molecule has 0 aliphatic carbocycles. The molecule has 0 unspecified atom stereocenters. The lowest BCUT2D eigenvalue weighted by Crippen LogP contribution is -2.06. The van der Waals surface area contributed by atoms with Gasteiger partial charge in [-0.15, -0.1) is 0 Å². The molecule has 5 heteroatoms. The van der Waals surface area contributed by atoms with Gasteiger partial charge in [-0.2, -0.15) is 0 Å². The second kappa shape index (κ2) is 4.73. The van der Waals surface area contributed by atoms with Crippen molar-refractivity contribution in [2.45, 2.75) is 6.92 Å². The number of halogens is 3. The Kier molecular flexibility index (Phi) is 3.48. The summed E-state index contributed by atoms with van der Waals surface area (Å²) in [5.74, 6) is 0. The van der Waals surface area contributed by atoms with Crippen molar-refractivity contribution in [3.63, 3.8) is 0 Å². The van der Waals surface area contributed by atoms with Crippen molar-refractivity contribution in [2.75, 3.05) is 0 Å². The predicted octanol–water partition coefficient (Wildman–Crippen LogP) is 4.31. The summed E-state index contributed by atoms with van der Waals surface area (Å²) in [6.45, 7) is 1.79. The number of H-pyrrole nitrogens is 1. The summed E-state index contributed by atoms with van der Waals surface area (Å²) in [6, 6.07) is 4.61. The number of pyridine rings is 1. The first-order chi connectivity index (χ1) is 8.00. The zero-order valence-corrected chi connectivity index (χ0v) is 11.1. The van der Waals surface area contributed by atoms with Gasteiger partial charge >= 0.3 is 0 Å². The van der Waals surface area contributed by atoms with Gasteiger partial charge in [0.1, 0.15) is 0 Å². The zero-order chi connectivity index (χ0) is 12.6. The van der Waals surface area contributed by atoms with Crippen molar-refractivity contribution in [3.05, 3.63) is 55.4 Å². The first-order valence-electron chi connectivity index (χ1n) is 4.84. The fourth-order valence-corrected chi connectivity index (χ4v) is 2.35. The quantitative estimate of drug-likeness (QED) is 0.779. The molecule has 0 atom stereocenters. The second-order valence-corrected chi connectivity index (χ2v) is 4.81. The molecule has 0 saturated heterocycles. The maximum atomic E-state index is 11.9. The van der Waals surface area contributed by atoms with Crippen molar-refractivity contribution >= 4 is 34.8 Å². The monoisotopic (exact) mass is 287 g/mol. The van der Waals surface area contributed by atoms with Gasteiger partial charge in [0.2, 0.25) is 0 Å². The summed E-state index contributed by atoms with van der Waals surface area (Å²) in [7, 11) is 0. The molecule has 0 aliphatic rings. The van der Waals surface area contributed by atoms with Gasteiger partial charge in [-0.05, 0) is 19.1 Å². The van der Waals surface area contributed by atoms with Crippen LogP contribution in [-0.4, -0.2) is 4.98 Å². The Morgan fingerprint density at radius 1 is 1.18 bits per heavy atom. The lowest BCUT2D eigenvalue weighted by molar-refractivity contribution is 1.19. The van der Waals surface area contributed by atoms with E-state index in [1.54, 1.807) is 25.3 Å². The highest BCUT2D eigenvalue weighted by atomic mass is 35.5. The molecule has 2 rings (SSSR count). The van der Waals surface area contributed by atoms with Gasteiger partial charge in [0, 0.05) is 34.1 Å². The molecule has 1 aromatic carbocycles. The van der Waals surface area contributed by atoms with Gasteiger partial charge < -0.3 is 4.98 Å². The maximum Gasteiger partial charge on any atom is 0.189 e. The summed E-state index contributed by atoms with van der Waals surface area (Å²) in [6.07, 6.45) is 1.58. The molecule has 0 fully saturated rings. The van der Waals surface area contributed by atoms with Crippen LogP contribution in [-0.2, 0) is 0 Å². The molecule has 0 aliphatic heterocycles. The van der Waals surface area contributed by atoms with E-state index in [1.807, 2.05) is 0 Å². The SMILES string of the molecule is Cc1[nH]ccc(=O)c1-c1cc(Cl)cc(Cl)c1Cl. The Labute approximate surface area is 113 Å². The van der Waals surface area contributed by atoms with E-state index in [0.717, 1.165) is 5.69 Å². The normalized spacial score (nSPS) is 10.6.